The van der Waals surface area contributed by atoms with E-state index in [0.717, 1.165) is 23.5 Å². The quantitative estimate of drug-likeness (QED) is 0.760. The zero-order chi connectivity index (χ0) is 15.2. The summed E-state index contributed by atoms with van der Waals surface area (Å²) in [5.41, 5.74) is 2.77. The Kier molecular flexibility index (Phi) is 5.23. The molecule has 0 fully saturated rings. The Labute approximate surface area is 126 Å². The highest BCUT2D eigenvalue weighted by Gasteiger charge is 2.21. The van der Waals surface area contributed by atoms with Gasteiger partial charge in [-0.05, 0) is 32.5 Å². The minimum Gasteiger partial charge on any atom is -0.292 e. The highest BCUT2D eigenvalue weighted by Crippen LogP contribution is 2.12. The number of ketones is 1. The number of hydrogen-bond donors (Lipinski definition) is 0. The summed E-state index contributed by atoms with van der Waals surface area (Å²) in [7, 11) is 0. The second kappa shape index (κ2) is 7.14. The predicted molar refractivity (Wildman–Crippen MR) is 85.3 cm³/mol. The molecule has 0 aliphatic carbocycles. The van der Waals surface area contributed by atoms with E-state index in [1.54, 1.807) is 0 Å². The maximum Gasteiger partial charge on any atom is 0.179 e. The van der Waals surface area contributed by atoms with Crippen molar-refractivity contribution in [2.24, 2.45) is 0 Å². The first kappa shape index (κ1) is 15.4. The van der Waals surface area contributed by atoms with Crippen molar-refractivity contribution >= 4 is 5.78 Å². The van der Waals surface area contributed by atoms with Gasteiger partial charge in [0.25, 0.3) is 0 Å². The Morgan fingerprint density at radius 3 is 2.48 bits per heavy atom. The van der Waals surface area contributed by atoms with Gasteiger partial charge in [0, 0.05) is 17.8 Å². The van der Waals surface area contributed by atoms with E-state index in [0.29, 0.717) is 6.54 Å². The highest BCUT2D eigenvalue weighted by atomic mass is 16.1. The van der Waals surface area contributed by atoms with E-state index in [9.17, 15) is 4.79 Å². The largest absolute Gasteiger partial charge is 0.292 e. The summed E-state index contributed by atoms with van der Waals surface area (Å²) in [6.07, 6.45) is 0. The molecule has 0 radical (unpaired) electrons. The molecule has 0 amide bonds. The van der Waals surface area contributed by atoms with Gasteiger partial charge in [-0.15, -0.1) is 0 Å². The Hall–Kier alpha value is -2.00. The second-order valence-electron chi connectivity index (χ2n) is 5.24. The molecule has 1 atom stereocenters. The molecule has 1 unspecified atom stereocenters. The van der Waals surface area contributed by atoms with Gasteiger partial charge >= 0.3 is 0 Å². The van der Waals surface area contributed by atoms with E-state index in [1.807, 2.05) is 62.4 Å². The van der Waals surface area contributed by atoms with E-state index >= 15 is 0 Å². The Bertz CT molecular complexity index is 595. The lowest BCUT2D eigenvalue weighted by atomic mass is 10.0. The summed E-state index contributed by atoms with van der Waals surface area (Å²) < 4.78 is 0. The van der Waals surface area contributed by atoms with Crippen LogP contribution in [0.4, 0.5) is 0 Å². The number of likely N-dealkylation sites (N-methyl/N-ethyl adjacent to an activating group) is 1. The number of hydrogen-bond acceptors (Lipinski definition) is 3. The van der Waals surface area contributed by atoms with Gasteiger partial charge in [-0.1, -0.05) is 43.3 Å². The average molecular weight is 282 g/mol. The normalized spacial score (nSPS) is 12.4. The number of pyridine rings is 1. The van der Waals surface area contributed by atoms with Gasteiger partial charge in [-0.25, -0.2) is 0 Å². The van der Waals surface area contributed by atoms with Crippen molar-refractivity contribution in [3.63, 3.8) is 0 Å². The highest BCUT2D eigenvalue weighted by molar-refractivity contribution is 5.99. The summed E-state index contributed by atoms with van der Waals surface area (Å²) in [5.74, 6) is 0.158. The monoisotopic (exact) mass is 282 g/mol. The lowest BCUT2D eigenvalue weighted by Gasteiger charge is -2.26. The fourth-order valence-electron chi connectivity index (χ4n) is 2.43. The van der Waals surface area contributed by atoms with Crippen molar-refractivity contribution in [1.29, 1.82) is 0 Å². The predicted octanol–water partition coefficient (Wildman–Crippen LogP) is 3.48. The van der Waals surface area contributed by atoms with Crippen molar-refractivity contribution in [2.45, 2.75) is 33.4 Å². The fourth-order valence-corrected chi connectivity index (χ4v) is 2.43. The summed E-state index contributed by atoms with van der Waals surface area (Å²) in [6.45, 7) is 7.53. The maximum absolute atomic E-state index is 12.5. The maximum atomic E-state index is 12.5. The average Bonchev–Trinajstić information content (AvgIpc) is 2.52. The lowest BCUT2D eigenvalue weighted by Crippen LogP contribution is -2.38. The Morgan fingerprint density at radius 2 is 1.86 bits per heavy atom. The fraction of sp³-hybridized carbons (Fsp3) is 0.333. The van der Waals surface area contributed by atoms with Gasteiger partial charge in [-0.2, -0.15) is 0 Å². The van der Waals surface area contributed by atoms with Crippen LogP contribution in [-0.4, -0.2) is 28.3 Å². The number of aromatic nitrogens is 1. The van der Waals surface area contributed by atoms with Gasteiger partial charge in [0.1, 0.15) is 0 Å². The van der Waals surface area contributed by atoms with E-state index < -0.39 is 0 Å². The smallest absolute Gasteiger partial charge is 0.179 e. The molecule has 1 aromatic heterocycles. The van der Waals surface area contributed by atoms with E-state index in [1.165, 1.54) is 0 Å². The number of nitrogens with zero attached hydrogens (tertiary/aromatic N) is 2. The summed E-state index contributed by atoms with van der Waals surface area (Å²) >= 11 is 0. The van der Waals surface area contributed by atoms with Crippen LogP contribution in [0.1, 0.15) is 35.6 Å². The zero-order valence-corrected chi connectivity index (χ0v) is 12.9. The first-order valence-corrected chi connectivity index (χ1v) is 7.37. The summed E-state index contributed by atoms with van der Waals surface area (Å²) in [4.78, 5) is 19.2. The number of Topliss-reactive ketones (excluding diaryl/α,β-unsaturated/α-hetero) is 1. The van der Waals surface area contributed by atoms with Crippen molar-refractivity contribution in [1.82, 2.24) is 9.88 Å². The molecule has 21 heavy (non-hydrogen) atoms. The van der Waals surface area contributed by atoms with Crippen LogP contribution < -0.4 is 0 Å². The molecule has 3 heteroatoms. The molecule has 0 bridgehead atoms. The molecular formula is C18H22N2O. The molecule has 2 rings (SSSR count). The van der Waals surface area contributed by atoms with Gasteiger partial charge in [0.05, 0.1) is 11.7 Å². The van der Waals surface area contributed by atoms with Crippen LogP contribution in [0.2, 0.25) is 0 Å². The molecule has 1 aromatic carbocycles. The zero-order valence-electron chi connectivity index (χ0n) is 12.9. The van der Waals surface area contributed by atoms with Crippen LogP contribution >= 0.6 is 0 Å². The van der Waals surface area contributed by atoms with Crippen LogP contribution in [0.3, 0.4) is 0 Å². The molecule has 110 valence electrons. The molecule has 0 saturated carbocycles. The van der Waals surface area contributed by atoms with E-state index in [2.05, 4.69) is 16.8 Å². The van der Waals surface area contributed by atoms with Crippen LogP contribution in [0.15, 0.2) is 48.5 Å². The van der Waals surface area contributed by atoms with E-state index in [-0.39, 0.29) is 11.8 Å². The third-order valence-corrected chi connectivity index (χ3v) is 3.70. The third-order valence-electron chi connectivity index (χ3n) is 3.70. The number of aryl methyl sites for hydroxylation is 1. The van der Waals surface area contributed by atoms with Crippen molar-refractivity contribution < 1.29 is 4.79 Å². The standard InChI is InChI=1S/C18H22N2O/c1-4-20(13-17-12-8-9-14(2)19-17)15(3)18(21)16-10-6-5-7-11-16/h5-12,15H,4,13H2,1-3H3. The first-order chi connectivity index (χ1) is 10.1. The topological polar surface area (TPSA) is 33.2 Å². The van der Waals surface area contributed by atoms with Gasteiger partial charge in [-0.3, -0.25) is 14.7 Å². The SMILES string of the molecule is CCN(Cc1cccc(C)n1)C(C)C(=O)c1ccccc1. The molecular weight excluding hydrogens is 260 g/mol. The lowest BCUT2D eigenvalue weighted by molar-refractivity contribution is 0.0834. The molecule has 3 nitrogen and oxygen atoms in total. The molecule has 0 spiro atoms. The molecule has 0 aliphatic heterocycles. The summed E-state index contributed by atoms with van der Waals surface area (Å²) in [5, 5.41) is 0. The van der Waals surface area contributed by atoms with Crippen LogP contribution in [0.25, 0.3) is 0 Å². The second-order valence-corrected chi connectivity index (χ2v) is 5.24. The Balaban J connectivity index is 2.11. The minimum atomic E-state index is -0.153. The molecule has 1 heterocycles. The van der Waals surface area contributed by atoms with Crippen LogP contribution in [-0.2, 0) is 6.54 Å². The van der Waals surface area contributed by atoms with Gasteiger partial charge < -0.3 is 0 Å². The third kappa shape index (κ3) is 3.99. The number of rotatable bonds is 6. The van der Waals surface area contributed by atoms with Crippen molar-refractivity contribution in [3.05, 3.63) is 65.5 Å². The Morgan fingerprint density at radius 1 is 1.14 bits per heavy atom. The molecule has 0 N–H and O–H groups in total. The van der Waals surface area contributed by atoms with Crippen molar-refractivity contribution in [2.75, 3.05) is 6.54 Å². The molecule has 2 aromatic rings. The van der Waals surface area contributed by atoms with Crippen molar-refractivity contribution in [3.8, 4) is 0 Å². The number of carbonyl (C=O) groups is 1. The van der Waals surface area contributed by atoms with Gasteiger partial charge in [0.15, 0.2) is 5.78 Å². The summed E-state index contributed by atoms with van der Waals surface area (Å²) in [6, 6.07) is 15.3. The molecule has 0 saturated heterocycles. The van der Waals surface area contributed by atoms with Crippen LogP contribution in [0, 0.1) is 6.92 Å². The number of carbonyl (C=O) groups excluding carboxylic acids is 1. The van der Waals surface area contributed by atoms with Gasteiger partial charge in [0.2, 0.25) is 0 Å². The van der Waals surface area contributed by atoms with E-state index in [4.69, 9.17) is 0 Å². The minimum absolute atomic E-state index is 0.153. The number of benzene rings is 1. The molecule has 0 aliphatic rings. The first-order valence-electron chi connectivity index (χ1n) is 7.37. The van der Waals surface area contributed by atoms with Crippen LogP contribution in [0.5, 0.6) is 0 Å².